The lowest BCUT2D eigenvalue weighted by molar-refractivity contribution is -0.198. The quantitative estimate of drug-likeness (QED) is 0.0611. The molecule has 1 saturated heterocycles. The summed E-state index contributed by atoms with van der Waals surface area (Å²) in [5, 5.41) is 3.38. The van der Waals surface area contributed by atoms with E-state index in [1.54, 1.807) is 0 Å². The van der Waals surface area contributed by atoms with Crippen molar-refractivity contribution >= 4 is 23.7 Å². The Labute approximate surface area is 270 Å². The van der Waals surface area contributed by atoms with E-state index in [1.807, 2.05) is 0 Å². The van der Waals surface area contributed by atoms with Gasteiger partial charge in [0.15, 0.2) is 0 Å². The van der Waals surface area contributed by atoms with Crippen LogP contribution in [0.15, 0.2) is 0 Å². The molecular weight excluding hydrogens is 608 g/mol. The molecule has 0 unspecified atom stereocenters. The molecule has 1 fully saturated rings. The molecule has 1 rings (SSSR count). The summed E-state index contributed by atoms with van der Waals surface area (Å²) in [6, 6.07) is 0. The fraction of sp³-hybridized carbons (Fsp3) is 0.677. The third-order valence-corrected chi connectivity index (χ3v) is 5.71. The highest BCUT2D eigenvalue weighted by Gasteiger charge is 2.34. The minimum Gasteiger partial charge on any atom is -0.379 e. The van der Waals surface area contributed by atoms with E-state index in [-0.39, 0.29) is 97.7 Å². The smallest absolute Gasteiger partial charge is 0.335 e. The van der Waals surface area contributed by atoms with Gasteiger partial charge in [0, 0.05) is 19.3 Å². The highest BCUT2D eigenvalue weighted by molar-refractivity contribution is 6.01. The Hall–Kier alpha value is -3.56. The average molecular weight is 653 g/mol. The molecule has 1 aliphatic rings. The molecule has 0 aromatic rings. The molecule has 1 N–H and O–H groups in total. The number of hydroxylamine groups is 2. The summed E-state index contributed by atoms with van der Waals surface area (Å²) in [6.07, 6.45) is 15.8. The Morgan fingerprint density at radius 3 is 1.37 bits per heavy atom. The molecule has 3 amide bonds. The third kappa shape index (κ3) is 19.7. The van der Waals surface area contributed by atoms with Crippen LogP contribution in [0.5, 0.6) is 0 Å². The summed E-state index contributed by atoms with van der Waals surface area (Å²) < 4.78 is 43.4. The number of ether oxygens (including phenoxy) is 8. The Morgan fingerprint density at radius 1 is 0.609 bits per heavy atom. The first kappa shape index (κ1) is 40.5. The zero-order valence-electron chi connectivity index (χ0n) is 26.1. The molecule has 0 saturated carbocycles. The Kier molecular flexibility index (Phi) is 23.4. The summed E-state index contributed by atoms with van der Waals surface area (Å²) in [7, 11) is 0. The number of terminal acetylenes is 3. The van der Waals surface area contributed by atoms with E-state index in [0.29, 0.717) is 44.7 Å². The molecule has 0 aromatic heterocycles. The van der Waals surface area contributed by atoms with Crippen LogP contribution < -0.4 is 5.32 Å². The van der Waals surface area contributed by atoms with Crippen LogP contribution in [0.1, 0.15) is 25.7 Å². The Morgan fingerprint density at radius 2 is 0.978 bits per heavy atom. The van der Waals surface area contributed by atoms with E-state index in [9.17, 15) is 19.2 Å². The minimum atomic E-state index is -1.04. The van der Waals surface area contributed by atoms with Crippen molar-refractivity contribution < 1.29 is 61.9 Å². The number of hydrogen-bond acceptors (Lipinski definition) is 13. The number of carbonyl (C=O) groups excluding carboxylic acids is 4. The van der Waals surface area contributed by atoms with Crippen LogP contribution in [-0.4, -0.2) is 140 Å². The monoisotopic (exact) mass is 652 g/mol. The van der Waals surface area contributed by atoms with Crippen molar-refractivity contribution in [2.45, 2.75) is 31.2 Å². The summed E-state index contributed by atoms with van der Waals surface area (Å²) in [5.41, 5.74) is -1.04. The van der Waals surface area contributed by atoms with Crippen LogP contribution in [0, 0.1) is 37.0 Å². The number of amides is 3. The molecular formula is C31H44N2O13. The molecule has 0 atom stereocenters. The lowest BCUT2D eigenvalue weighted by Crippen LogP contribution is -2.58. The van der Waals surface area contributed by atoms with Gasteiger partial charge in [-0.2, -0.15) is 0 Å². The van der Waals surface area contributed by atoms with Crippen molar-refractivity contribution in [3.8, 4) is 37.0 Å². The SMILES string of the molecule is C#CCOCC(COCC#C)(COCC#C)NC(=O)CCOCCOCCOCCOCCOCCC(=O)ON1C(=O)CCC1=O. The zero-order valence-corrected chi connectivity index (χ0v) is 26.1. The number of hydrogen-bond donors (Lipinski definition) is 1. The van der Waals surface area contributed by atoms with E-state index in [1.165, 1.54) is 0 Å². The zero-order chi connectivity index (χ0) is 33.7. The molecule has 1 heterocycles. The molecule has 0 aromatic carbocycles. The number of nitrogens with zero attached hydrogens (tertiary/aromatic N) is 1. The van der Waals surface area contributed by atoms with Gasteiger partial charge < -0.3 is 48.0 Å². The molecule has 0 bridgehead atoms. The van der Waals surface area contributed by atoms with Crippen LogP contribution >= 0.6 is 0 Å². The van der Waals surface area contributed by atoms with Crippen LogP contribution in [0.4, 0.5) is 0 Å². The first-order valence-electron chi connectivity index (χ1n) is 14.7. The summed E-state index contributed by atoms with van der Waals surface area (Å²) >= 11 is 0. The lowest BCUT2D eigenvalue weighted by atomic mass is 10.0. The van der Waals surface area contributed by atoms with Crippen LogP contribution in [-0.2, 0) is 61.9 Å². The predicted molar refractivity (Wildman–Crippen MR) is 160 cm³/mol. The normalized spacial score (nSPS) is 12.8. The third-order valence-electron chi connectivity index (χ3n) is 5.71. The van der Waals surface area contributed by atoms with Gasteiger partial charge in [-0.1, -0.05) is 17.8 Å². The molecule has 1 aliphatic heterocycles. The minimum absolute atomic E-state index is 0.0327. The number of rotatable bonds is 29. The number of nitrogens with one attached hydrogen (secondary N) is 1. The van der Waals surface area contributed by atoms with E-state index in [2.05, 4.69) is 23.1 Å². The Balaban J connectivity index is 2.03. The van der Waals surface area contributed by atoms with Crippen molar-refractivity contribution in [1.29, 1.82) is 0 Å². The second-order valence-corrected chi connectivity index (χ2v) is 9.53. The van der Waals surface area contributed by atoms with Crippen LogP contribution in [0.3, 0.4) is 0 Å². The van der Waals surface area contributed by atoms with Crippen molar-refractivity contribution in [2.75, 3.05) is 106 Å². The van der Waals surface area contributed by atoms with Gasteiger partial charge in [0.2, 0.25) is 5.91 Å². The maximum Gasteiger partial charge on any atom is 0.335 e. The van der Waals surface area contributed by atoms with Gasteiger partial charge in [-0.25, -0.2) is 4.79 Å². The maximum atomic E-state index is 12.6. The van der Waals surface area contributed by atoms with Crippen LogP contribution in [0.2, 0.25) is 0 Å². The first-order valence-corrected chi connectivity index (χ1v) is 14.7. The van der Waals surface area contributed by atoms with Gasteiger partial charge in [-0.15, -0.1) is 24.3 Å². The maximum absolute atomic E-state index is 12.6. The van der Waals surface area contributed by atoms with Crippen molar-refractivity contribution in [3.63, 3.8) is 0 Å². The highest BCUT2D eigenvalue weighted by atomic mass is 16.7. The van der Waals surface area contributed by atoms with Gasteiger partial charge >= 0.3 is 5.97 Å². The van der Waals surface area contributed by atoms with Gasteiger partial charge in [0.25, 0.3) is 11.8 Å². The van der Waals surface area contributed by atoms with E-state index < -0.39 is 23.3 Å². The second kappa shape index (κ2) is 26.6. The summed E-state index contributed by atoms with van der Waals surface area (Å²) in [4.78, 5) is 51.8. The van der Waals surface area contributed by atoms with E-state index >= 15 is 0 Å². The fourth-order valence-corrected chi connectivity index (χ4v) is 3.61. The van der Waals surface area contributed by atoms with E-state index in [0.717, 1.165) is 0 Å². The number of carbonyl (C=O) groups is 4. The van der Waals surface area contributed by atoms with E-state index in [4.69, 9.17) is 62.0 Å². The Bertz CT molecular complexity index is 965. The molecule has 46 heavy (non-hydrogen) atoms. The predicted octanol–water partition coefficient (Wildman–Crippen LogP) is -0.739. The lowest BCUT2D eigenvalue weighted by Gasteiger charge is -2.33. The van der Waals surface area contributed by atoms with Crippen molar-refractivity contribution in [2.24, 2.45) is 0 Å². The van der Waals surface area contributed by atoms with Crippen molar-refractivity contribution in [1.82, 2.24) is 10.4 Å². The summed E-state index contributed by atoms with van der Waals surface area (Å²) in [5.74, 6) is 5.03. The molecule has 0 radical (unpaired) electrons. The average Bonchev–Trinajstić information content (AvgIpc) is 3.35. The topological polar surface area (TPSA) is 167 Å². The molecule has 0 spiro atoms. The van der Waals surface area contributed by atoms with Crippen molar-refractivity contribution in [3.05, 3.63) is 0 Å². The second-order valence-electron chi connectivity index (χ2n) is 9.53. The van der Waals surface area contributed by atoms with Gasteiger partial charge in [0.05, 0.1) is 92.3 Å². The largest absolute Gasteiger partial charge is 0.379 e. The first-order chi connectivity index (χ1) is 22.4. The molecule has 256 valence electrons. The highest BCUT2D eigenvalue weighted by Crippen LogP contribution is 2.13. The van der Waals surface area contributed by atoms with Gasteiger partial charge in [0.1, 0.15) is 25.4 Å². The molecule has 15 nitrogen and oxygen atoms in total. The van der Waals surface area contributed by atoms with Crippen LogP contribution in [0.25, 0.3) is 0 Å². The standard InChI is InChI=1S/C31H44N2O13/c1-4-11-43-24-31(25-44-12-5-2,26-45-13-6-3)32-27(34)9-14-38-16-18-40-20-22-42-23-21-41-19-17-39-15-10-30(37)46-33-28(35)7-8-29(33)36/h1-3H,7-26H2,(H,32,34). The molecule has 15 heteroatoms. The summed E-state index contributed by atoms with van der Waals surface area (Å²) in [6.45, 7) is 3.03. The molecule has 0 aliphatic carbocycles. The fourth-order valence-electron chi connectivity index (χ4n) is 3.61. The number of imide groups is 1. The van der Waals surface area contributed by atoms with Gasteiger partial charge in [-0.05, 0) is 0 Å². The van der Waals surface area contributed by atoms with Gasteiger partial charge in [-0.3, -0.25) is 14.4 Å².